The van der Waals surface area contributed by atoms with E-state index in [-0.39, 0.29) is 11.9 Å². The molecule has 0 bridgehead atoms. The van der Waals surface area contributed by atoms with Crippen LogP contribution in [0.5, 0.6) is 0 Å². The second-order valence-corrected chi connectivity index (χ2v) is 4.21. The van der Waals surface area contributed by atoms with Gasteiger partial charge in [-0.2, -0.15) is 0 Å². The highest BCUT2D eigenvalue weighted by molar-refractivity contribution is 5.79. The summed E-state index contributed by atoms with van der Waals surface area (Å²) >= 11 is 0. The first-order valence-corrected chi connectivity index (χ1v) is 6.01. The molecular formula is C12H18FN5. The maximum absolute atomic E-state index is 13.6. The van der Waals surface area contributed by atoms with E-state index in [1.807, 2.05) is 11.9 Å². The smallest absolute Gasteiger partial charge is 0.190 e. The predicted molar refractivity (Wildman–Crippen MR) is 70.4 cm³/mol. The van der Waals surface area contributed by atoms with E-state index >= 15 is 0 Å². The Morgan fingerprint density at radius 1 is 1.61 bits per heavy atom. The summed E-state index contributed by atoms with van der Waals surface area (Å²) in [6, 6.07) is 3.31. The summed E-state index contributed by atoms with van der Waals surface area (Å²) in [6.07, 6.45) is 2.56. The first-order chi connectivity index (χ1) is 8.74. The lowest BCUT2D eigenvalue weighted by atomic mass is 10.3. The molecule has 0 amide bonds. The molecule has 0 radical (unpaired) electrons. The Morgan fingerprint density at radius 3 is 3.11 bits per heavy atom. The standard InChI is InChI=1S/C12H18FN5/c1-14-12(15-2)17-9-5-7-18(8-9)11-10(13)4-3-6-16-11/h3-4,6,9H,5,7-8H2,1-2H3,(H2,14,15,17). The number of hydrogen-bond acceptors (Lipinski definition) is 3. The third-order valence-electron chi connectivity index (χ3n) is 3.03. The van der Waals surface area contributed by atoms with E-state index in [4.69, 9.17) is 0 Å². The summed E-state index contributed by atoms with van der Waals surface area (Å²) in [5.41, 5.74) is 0. The number of hydrogen-bond donors (Lipinski definition) is 2. The van der Waals surface area contributed by atoms with E-state index < -0.39 is 0 Å². The molecule has 18 heavy (non-hydrogen) atoms. The zero-order valence-corrected chi connectivity index (χ0v) is 10.7. The molecule has 1 aliphatic rings. The SMILES string of the molecule is CN=C(NC)NC1CCN(c2ncccc2F)C1. The van der Waals surface area contributed by atoms with Crippen LogP contribution in [0.1, 0.15) is 6.42 Å². The number of aliphatic imine (C=N–C) groups is 1. The van der Waals surface area contributed by atoms with Crippen LogP contribution in [0, 0.1) is 5.82 Å². The maximum atomic E-state index is 13.6. The molecule has 1 saturated heterocycles. The summed E-state index contributed by atoms with van der Waals surface area (Å²) in [7, 11) is 3.55. The van der Waals surface area contributed by atoms with Crippen molar-refractivity contribution in [1.82, 2.24) is 15.6 Å². The van der Waals surface area contributed by atoms with Crippen LogP contribution in [-0.2, 0) is 0 Å². The van der Waals surface area contributed by atoms with E-state index in [1.165, 1.54) is 6.07 Å². The lowest BCUT2D eigenvalue weighted by Gasteiger charge is -2.19. The molecule has 1 unspecified atom stereocenters. The number of halogens is 1. The molecule has 2 N–H and O–H groups in total. The van der Waals surface area contributed by atoms with Crippen molar-refractivity contribution in [3.8, 4) is 0 Å². The van der Waals surface area contributed by atoms with Crippen molar-refractivity contribution >= 4 is 11.8 Å². The molecule has 1 aliphatic heterocycles. The van der Waals surface area contributed by atoms with Gasteiger partial charge in [-0.15, -0.1) is 0 Å². The lowest BCUT2D eigenvalue weighted by Crippen LogP contribution is -2.43. The largest absolute Gasteiger partial charge is 0.359 e. The molecule has 0 spiro atoms. The van der Waals surface area contributed by atoms with Crippen LogP contribution in [0.4, 0.5) is 10.2 Å². The molecule has 2 rings (SSSR count). The van der Waals surface area contributed by atoms with Gasteiger partial charge >= 0.3 is 0 Å². The van der Waals surface area contributed by atoms with Gasteiger partial charge in [0.15, 0.2) is 17.6 Å². The Balaban J connectivity index is 1.99. The summed E-state index contributed by atoms with van der Waals surface area (Å²) in [5.74, 6) is 0.917. The van der Waals surface area contributed by atoms with Crippen molar-refractivity contribution in [2.24, 2.45) is 4.99 Å². The van der Waals surface area contributed by atoms with Crippen molar-refractivity contribution in [1.29, 1.82) is 0 Å². The fraction of sp³-hybridized carbons (Fsp3) is 0.500. The Kier molecular flexibility index (Phi) is 3.96. The molecular weight excluding hydrogens is 233 g/mol. The Labute approximate surface area is 106 Å². The summed E-state index contributed by atoms with van der Waals surface area (Å²) in [5, 5.41) is 6.26. The molecule has 0 saturated carbocycles. The normalized spacial score (nSPS) is 20.1. The number of pyridine rings is 1. The third kappa shape index (κ3) is 2.69. The molecule has 2 heterocycles. The molecule has 5 nitrogen and oxygen atoms in total. The van der Waals surface area contributed by atoms with Gasteiger partial charge in [0.2, 0.25) is 0 Å². The van der Waals surface area contributed by atoms with Gasteiger partial charge in [-0.1, -0.05) is 0 Å². The maximum Gasteiger partial charge on any atom is 0.190 e. The van der Waals surface area contributed by atoms with Crippen molar-refractivity contribution in [2.75, 3.05) is 32.1 Å². The first-order valence-electron chi connectivity index (χ1n) is 6.01. The van der Waals surface area contributed by atoms with Crippen molar-refractivity contribution in [3.63, 3.8) is 0 Å². The number of anilines is 1. The number of rotatable bonds is 2. The number of nitrogens with zero attached hydrogens (tertiary/aromatic N) is 3. The van der Waals surface area contributed by atoms with Crippen LogP contribution in [0.25, 0.3) is 0 Å². The van der Waals surface area contributed by atoms with Gasteiger partial charge in [0.05, 0.1) is 0 Å². The lowest BCUT2D eigenvalue weighted by molar-refractivity contribution is 0.613. The van der Waals surface area contributed by atoms with Crippen LogP contribution >= 0.6 is 0 Å². The zero-order valence-electron chi connectivity index (χ0n) is 10.7. The van der Waals surface area contributed by atoms with Gasteiger partial charge in [0, 0.05) is 39.4 Å². The van der Waals surface area contributed by atoms with Gasteiger partial charge in [-0.25, -0.2) is 9.37 Å². The molecule has 1 aromatic heterocycles. The van der Waals surface area contributed by atoms with Gasteiger partial charge < -0.3 is 15.5 Å². The first kappa shape index (κ1) is 12.6. The fourth-order valence-electron chi connectivity index (χ4n) is 2.12. The highest BCUT2D eigenvalue weighted by Gasteiger charge is 2.25. The topological polar surface area (TPSA) is 52.6 Å². The highest BCUT2D eigenvalue weighted by Crippen LogP contribution is 2.20. The molecule has 1 aromatic rings. The van der Waals surface area contributed by atoms with E-state index in [9.17, 15) is 4.39 Å². The average Bonchev–Trinajstić information content (AvgIpc) is 2.85. The second kappa shape index (κ2) is 5.66. The van der Waals surface area contributed by atoms with Crippen LogP contribution in [0.15, 0.2) is 23.3 Å². The fourth-order valence-corrected chi connectivity index (χ4v) is 2.12. The summed E-state index contributed by atoms with van der Waals surface area (Å²) in [6.45, 7) is 1.53. The van der Waals surface area contributed by atoms with Gasteiger partial charge in [-0.05, 0) is 18.6 Å². The van der Waals surface area contributed by atoms with E-state index in [0.29, 0.717) is 5.82 Å². The van der Waals surface area contributed by atoms with Crippen LogP contribution in [0.3, 0.4) is 0 Å². The summed E-state index contributed by atoms with van der Waals surface area (Å²) in [4.78, 5) is 10.1. The highest BCUT2D eigenvalue weighted by atomic mass is 19.1. The minimum atomic E-state index is -0.267. The Morgan fingerprint density at radius 2 is 2.44 bits per heavy atom. The van der Waals surface area contributed by atoms with Crippen molar-refractivity contribution in [3.05, 3.63) is 24.1 Å². The van der Waals surface area contributed by atoms with Crippen molar-refractivity contribution < 1.29 is 4.39 Å². The van der Waals surface area contributed by atoms with Gasteiger partial charge in [0.25, 0.3) is 0 Å². The Hall–Kier alpha value is -1.85. The minimum Gasteiger partial charge on any atom is -0.359 e. The summed E-state index contributed by atoms with van der Waals surface area (Å²) < 4.78 is 13.6. The quantitative estimate of drug-likeness (QED) is 0.597. The van der Waals surface area contributed by atoms with E-state index in [1.54, 1.807) is 19.3 Å². The zero-order chi connectivity index (χ0) is 13.0. The predicted octanol–water partition coefficient (Wildman–Crippen LogP) is 0.594. The third-order valence-corrected chi connectivity index (χ3v) is 3.03. The molecule has 1 fully saturated rings. The van der Waals surface area contributed by atoms with Gasteiger partial charge in [0.1, 0.15) is 0 Å². The monoisotopic (exact) mass is 251 g/mol. The van der Waals surface area contributed by atoms with Crippen LogP contribution in [0.2, 0.25) is 0 Å². The number of nitrogens with one attached hydrogen (secondary N) is 2. The number of aromatic nitrogens is 1. The molecule has 0 aliphatic carbocycles. The molecule has 1 atom stereocenters. The van der Waals surface area contributed by atoms with E-state index in [0.717, 1.165) is 25.5 Å². The second-order valence-electron chi connectivity index (χ2n) is 4.21. The Bertz CT molecular complexity index is 434. The molecule has 6 heteroatoms. The molecule has 98 valence electrons. The van der Waals surface area contributed by atoms with E-state index in [2.05, 4.69) is 20.6 Å². The van der Waals surface area contributed by atoms with Crippen LogP contribution in [-0.4, -0.2) is 44.2 Å². The van der Waals surface area contributed by atoms with Crippen LogP contribution < -0.4 is 15.5 Å². The number of guanidine groups is 1. The molecule has 0 aromatic carbocycles. The van der Waals surface area contributed by atoms with Crippen molar-refractivity contribution in [2.45, 2.75) is 12.5 Å². The minimum absolute atomic E-state index is 0.262. The van der Waals surface area contributed by atoms with Gasteiger partial charge in [-0.3, -0.25) is 4.99 Å². The average molecular weight is 251 g/mol.